The molecule has 1 saturated heterocycles. The van der Waals surface area contributed by atoms with E-state index in [-0.39, 0.29) is 0 Å². The second-order valence-corrected chi connectivity index (χ2v) is 5.90. The van der Waals surface area contributed by atoms with E-state index >= 15 is 0 Å². The molecule has 1 N–H and O–H groups in total. The largest absolute Gasteiger partial charge is 0.389 e. The number of aliphatic hydroxyl groups is 1. The van der Waals surface area contributed by atoms with Crippen LogP contribution < -0.4 is 0 Å². The first-order valence-corrected chi connectivity index (χ1v) is 8.00. The molecule has 0 aliphatic carbocycles. The molecule has 0 spiro atoms. The topological polar surface area (TPSA) is 35.9 Å². The monoisotopic (exact) mass is 312 g/mol. The van der Waals surface area contributed by atoms with Crippen LogP contribution in [0.25, 0.3) is 0 Å². The normalized spacial score (nSPS) is 18.8. The highest BCUT2D eigenvalue weighted by Crippen LogP contribution is 2.15. The van der Waals surface area contributed by atoms with Crippen molar-refractivity contribution >= 4 is 11.6 Å². The second kappa shape index (κ2) is 8.71. The second-order valence-electron chi connectivity index (χ2n) is 5.50. The van der Waals surface area contributed by atoms with Crippen LogP contribution in [-0.4, -0.2) is 66.9 Å². The maximum Gasteiger partial charge on any atom is 0.0900 e. The molecule has 0 unspecified atom stereocenters. The molecule has 1 aliphatic rings. The van der Waals surface area contributed by atoms with Crippen LogP contribution in [0.4, 0.5) is 0 Å². The quantitative estimate of drug-likeness (QED) is 0.833. The summed E-state index contributed by atoms with van der Waals surface area (Å²) in [6.07, 6.45) is -0.444. The molecule has 0 bridgehead atoms. The highest BCUT2D eigenvalue weighted by atomic mass is 35.5. The lowest BCUT2D eigenvalue weighted by Crippen LogP contribution is -2.48. The SMILES string of the molecule is CCN1CCN(C[C@H](O)COCc2ccccc2Cl)CC1. The predicted molar refractivity (Wildman–Crippen MR) is 85.7 cm³/mol. The van der Waals surface area contributed by atoms with Gasteiger partial charge < -0.3 is 14.7 Å². The highest BCUT2D eigenvalue weighted by molar-refractivity contribution is 6.31. The number of β-amino-alcohol motifs (C(OH)–C–C–N with tert-alkyl or cyclic N) is 1. The van der Waals surface area contributed by atoms with Crippen LogP contribution in [-0.2, 0) is 11.3 Å². The number of aliphatic hydroxyl groups excluding tert-OH is 1. The first-order valence-electron chi connectivity index (χ1n) is 7.63. The molecule has 1 fully saturated rings. The van der Waals surface area contributed by atoms with Crippen LogP contribution in [0.15, 0.2) is 24.3 Å². The van der Waals surface area contributed by atoms with Gasteiger partial charge in [-0.05, 0) is 18.2 Å². The summed E-state index contributed by atoms with van der Waals surface area (Å²) in [5.74, 6) is 0. The Hall–Kier alpha value is -0.650. The van der Waals surface area contributed by atoms with E-state index in [4.69, 9.17) is 16.3 Å². The molecule has 5 heteroatoms. The van der Waals surface area contributed by atoms with Crippen molar-refractivity contribution in [2.45, 2.75) is 19.6 Å². The van der Waals surface area contributed by atoms with Gasteiger partial charge in [-0.3, -0.25) is 4.90 Å². The molecule has 4 nitrogen and oxygen atoms in total. The van der Waals surface area contributed by atoms with Crippen LogP contribution >= 0.6 is 11.6 Å². The van der Waals surface area contributed by atoms with Crippen molar-refractivity contribution < 1.29 is 9.84 Å². The Kier molecular flexibility index (Phi) is 6.93. The van der Waals surface area contributed by atoms with Gasteiger partial charge in [0.2, 0.25) is 0 Å². The van der Waals surface area contributed by atoms with Crippen LogP contribution in [0.1, 0.15) is 12.5 Å². The lowest BCUT2D eigenvalue weighted by atomic mass is 10.2. The molecule has 1 atom stereocenters. The summed E-state index contributed by atoms with van der Waals surface area (Å²) in [5.41, 5.74) is 0.961. The minimum Gasteiger partial charge on any atom is -0.389 e. The Morgan fingerprint density at radius 2 is 1.86 bits per heavy atom. The number of ether oxygens (including phenoxy) is 1. The van der Waals surface area contributed by atoms with Crippen molar-refractivity contribution in [2.75, 3.05) is 45.9 Å². The Morgan fingerprint density at radius 1 is 1.19 bits per heavy atom. The van der Waals surface area contributed by atoms with E-state index in [2.05, 4.69) is 16.7 Å². The molecule has 0 radical (unpaired) electrons. The van der Waals surface area contributed by atoms with Gasteiger partial charge in [0.1, 0.15) is 0 Å². The number of rotatable bonds is 7. The molecule has 1 aromatic carbocycles. The molecule has 2 rings (SSSR count). The molecule has 0 aromatic heterocycles. The third-order valence-corrected chi connectivity index (χ3v) is 4.28. The molecule has 1 heterocycles. The molecule has 0 saturated carbocycles. The maximum absolute atomic E-state index is 10.1. The zero-order valence-electron chi connectivity index (χ0n) is 12.7. The molecule has 1 aliphatic heterocycles. The van der Waals surface area contributed by atoms with Gasteiger partial charge in [0, 0.05) is 37.7 Å². The van der Waals surface area contributed by atoms with Gasteiger partial charge in [-0.15, -0.1) is 0 Å². The van der Waals surface area contributed by atoms with E-state index < -0.39 is 6.10 Å². The third-order valence-electron chi connectivity index (χ3n) is 3.91. The van der Waals surface area contributed by atoms with Crippen molar-refractivity contribution in [2.24, 2.45) is 0 Å². The minimum absolute atomic E-state index is 0.346. The number of piperazine rings is 1. The predicted octanol–water partition coefficient (Wildman–Crippen LogP) is 1.85. The number of hydrogen-bond acceptors (Lipinski definition) is 4. The van der Waals surface area contributed by atoms with Crippen LogP contribution in [0.2, 0.25) is 5.02 Å². The van der Waals surface area contributed by atoms with Crippen LogP contribution in [0.3, 0.4) is 0 Å². The summed E-state index contributed by atoms with van der Waals surface area (Å²) in [6.45, 7) is 8.99. The average Bonchev–Trinajstić information content (AvgIpc) is 2.50. The van der Waals surface area contributed by atoms with Crippen molar-refractivity contribution in [3.8, 4) is 0 Å². The molecule has 1 aromatic rings. The van der Waals surface area contributed by atoms with Gasteiger partial charge in [0.25, 0.3) is 0 Å². The van der Waals surface area contributed by atoms with E-state index in [1.807, 2.05) is 24.3 Å². The lowest BCUT2D eigenvalue weighted by Gasteiger charge is -2.34. The number of nitrogens with zero attached hydrogens (tertiary/aromatic N) is 2. The minimum atomic E-state index is -0.444. The Balaban J connectivity index is 1.64. The fourth-order valence-electron chi connectivity index (χ4n) is 2.56. The van der Waals surface area contributed by atoms with E-state index in [0.29, 0.717) is 24.8 Å². The molecule has 0 amide bonds. The Morgan fingerprint density at radius 3 is 2.52 bits per heavy atom. The van der Waals surface area contributed by atoms with Gasteiger partial charge >= 0.3 is 0 Å². The number of benzene rings is 1. The molecule has 21 heavy (non-hydrogen) atoms. The van der Waals surface area contributed by atoms with Crippen molar-refractivity contribution in [1.29, 1.82) is 0 Å². The smallest absolute Gasteiger partial charge is 0.0900 e. The van der Waals surface area contributed by atoms with Gasteiger partial charge in [-0.25, -0.2) is 0 Å². The zero-order valence-corrected chi connectivity index (χ0v) is 13.4. The summed E-state index contributed by atoms with van der Waals surface area (Å²) >= 11 is 6.07. The van der Waals surface area contributed by atoms with Crippen LogP contribution in [0.5, 0.6) is 0 Å². The maximum atomic E-state index is 10.1. The summed E-state index contributed by atoms with van der Waals surface area (Å²) in [7, 11) is 0. The molecule has 118 valence electrons. The zero-order chi connectivity index (χ0) is 15.1. The van der Waals surface area contributed by atoms with Gasteiger partial charge in [-0.2, -0.15) is 0 Å². The lowest BCUT2D eigenvalue weighted by molar-refractivity contribution is 0.00179. The summed E-state index contributed by atoms with van der Waals surface area (Å²) < 4.78 is 5.57. The van der Waals surface area contributed by atoms with Crippen LogP contribution in [0, 0.1) is 0 Å². The number of hydrogen-bond donors (Lipinski definition) is 1. The fourth-order valence-corrected chi connectivity index (χ4v) is 2.75. The van der Waals surface area contributed by atoms with E-state index in [1.165, 1.54) is 0 Å². The first kappa shape index (κ1) is 16.7. The van der Waals surface area contributed by atoms with Crippen molar-refractivity contribution in [3.05, 3.63) is 34.9 Å². The van der Waals surface area contributed by atoms with Crippen molar-refractivity contribution in [1.82, 2.24) is 9.80 Å². The fraction of sp³-hybridized carbons (Fsp3) is 0.625. The third kappa shape index (κ3) is 5.57. The van der Waals surface area contributed by atoms with E-state index in [9.17, 15) is 5.11 Å². The molecular weight excluding hydrogens is 288 g/mol. The number of halogens is 1. The van der Waals surface area contributed by atoms with Gasteiger partial charge in [-0.1, -0.05) is 36.7 Å². The summed E-state index contributed by atoms with van der Waals surface area (Å²) in [4.78, 5) is 4.73. The summed E-state index contributed by atoms with van der Waals surface area (Å²) in [6, 6.07) is 7.63. The van der Waals surface area contributed by atoms with Gasteiger partial charge in [0.15, 0.2) is 0 Å². The standard InChI is InChI=1S/C16H25ClN2O2/c1-2-18-7-9-19(10-8-18)11-15(20)13-21-12-14-5-3-4-6-16(14)17/h3-6,15,20H,2,7-13H2,1H3/t15-/m0/s1. The first-order chi connectivity index (χ1) is 10.2. The molecular formula is C16H25ClN2O2. The van der Waals surface area contributed by atoms with E-state index in [0.717, 1.165) is 38.3 Å². The summed E-state index contributed by atoms with van der Waals surface area (Å²) in [5, 5.41) is 10.8. The Labute approximate surface area is 132 Å². The average molecular weight is 313 g/mol. The highest BCUT2D eigenvalue weighted by Gasteiger charge is 2.18. The Bertz CT molecular complexity index is 422. The number of likely N-dealkylation sites (N-methyl/N-ethyl adjacent to an activating group) is 1. The van der Waals surface area contributed by atoms with Gasteiger partial charge in [0.05, 0.1) is 19.3 Å². The van der Waals surface area contributed by atoms with E-state index in [1.54, 1.807) is 0 Å². The van der Waals surface area contributed by atoms with Crippen molar-refractivity contribution in [3.63, 3.8) is 0 Å².